The Morgan fingerprint density at radius 3 is 2.70 bits per heavy atom. The maximum atomic E-state index is 14.2. The van der Waals surface area contributed by atoms with Crippen LogP contribution in [0.25, 0.3) is 0 Å². The average Bonchev–Trinajstić information content (AvgIpc) is 3.27. The maximum absolute atomic E-state index is 14.2. The van der Waals surface area contributed by atoms with Crippen molar-refractivity contribution in [3.63, 3.8) is 0 Å². The van der Waals surface area contributed by atoms with Gasteiger partial charge in [0.1, 0.15) is 22.9 Å². The lowest BCUT2D eigenvalue weighted by Crippen LogP contribution is -2.24. The third-order valence-electron chi connectivity index (χ3n) is 4.35. The minimum absolute atomic E-state index is 0.00936. The molecule has 1 aliphatic rings. The van der Waals surface area contributed by atoms with Crippen LogP contribution in [0.4, 0.5) is 4.39 Å². The van der Waals surface area contributed by atoms with Gasteiger partial charge in [-0.2, -0.15) is 0 Å². The lowest BCUT2D eigenvalue weighted by Gasteiger charge is -2.11. The Labute approximate surface area is 189 Å². The van der Waals surface area contributed by atoms with Crippen molar-refractivity contribution in [1.82, 2.24) is 10.3 Å². The van der Waals surface area contributed by atoms with Crippen molar-refractivity contribution in [2.75, 3.05) is 13.4 Å². The van der Waals surface area contributed by atoms with E-state index in [1.165, 1.54) is 12.3 Å². The van der Waals surface area contributed by atoms with Crippen LogP contribution >= 0.6 is 0 Å². The molecule has 172 valence electrons. The third-order valence-corrected chi connectivity index (χ3v) is 4.35. The van der Waals surface area contributed by atoms with Gasteiger partial charge in [-0.15, -0.1) is 0 Å². The number of hydrogen-bond donors (Lipinski definition) is 2. The van der Waals surface area contributed by atoms with Crippen LogP contribution in [0, 0.1) is 5.82 Å². The summed E-state index contributed by atoms with van der Waals surface area (Å²) >= 11 is 0. The SMILES string of the molecule is CCOc1ccc(CNC(=O)c2cccnc2Oc2ccc3c(c2)OCO3)c(F)c1.NC=O. The standard InChI is InChI=1S/C22H19FN2O5.CH3NO/c1-2-27-15-6-5-14(18(23)10-15)12-25-21(26)17-4-3-9-24-22(17)30-16-7-8-19-20(11-16)29-13-28-19;2-1-3/h3-11H,2,12-13H2,1H3,(H,25,26);1H,(H2,2,3). The van der Waals surface area contributed by atoms with E-state index in [4.69, 9.17) is 23.7 Å². The van der Waals surface area contributed by atoms with Crippen LogP contribution in [-0.4, -0.2) is 30.7 Å². The van der Waals surface area contributed by atoms with Crippen LogP contribution in [-0.2, 0) is 11.3 Å². The average molecular weight is 455 g/mol. The smallest absolute Gasteiger partial charge is 0.257 e. The zero-order valence-electron chi connectivity index (χ0n) is 17.7. The third kappa shape index (κ3) is 6.10. The number of rotatable bonds is 7. The number of halogens is 1. The summed E-state index contributed by atoms with van der Waals surface area (Å²) in [6.07, 6.45) is 1.77. The molecule has 1 aliphatic heterocycles. The van der Waals surface area contributed by atoms with E-state index in [9.17, 15) is 9.18 Å². The molecule has 3 aromatic rings. The summed E-state index contributed by atoms with van der Waals surface area (Å²) in [4.78, 5) is 25.4. The molecule has 0 spiro atoms. The van der Waals surface area contributed by atoms with Crippen LogP contribution < -0.4 is 30.0 Å². The van der Waals surface area contributed by atoms with Crippen molar-refractivity contribution >= 4 is 12.3 Å². The van der Waals surface area contributed by atoms with Crippen molar-refractivity contribution in [2.24, 2.45) is 5.73 Å². The highest BCUT2D eigenvalue weighted by Crippen LogP contribution is 2.36. The summed E-state index contributed by atoms with van der Waals surface area (Å²) in [5.41, 5.74) is 4.73. The van der Waals surface area contributed by atoms with Gasteiger partial charge in [0.05, 0.1) is 6.61 Å². The van der Waals surface area contributed by atoms with E-state index in [1.54, 1.807) is 42.5 Å². The number of pyridine rings is 1. The van der Waals surface area contributed by atoms with Crippen molar-refractivity contribution in [3.8, 4) is 28.9 Å². The van der Waals surface area contributed by atoms with Gasteiger partial charge >= 0.3 is 0 Å². The minimum atomic E-state index is -0.454. The van der Waals surface area contributed by atoms with Gasteiger partial charge < -0.3 is 30.0 Å². The van der Waals surface area contributed by atoms with Gasteiger partial charge in [-0.25, -0.2) is 9.37 Å². The number of aromatic nitrogens is 1. The van der Waals surface area contributed by atoms with Crippen molar-refractivity contribution in [1.29, 1.82) is 0 Å². The van der Waals surface area contributed by atoms with E-state index < -0.39 is 11.7 Å². The molecule has 33 heavy (non-hydrogen) atoms. The van der Waals surface area contributed by atoms with Gasteiger partial charge in [-0.1, -0.05) is 6.07 Å². The fourth-order valence-corrected chi connectivity index (χ4v) is 2.90. The minimum Gasteiger partial charge on any atom is -0.494 e. The van der Waals surface area contributed by atoms with Crippen molar-refractivity contribution in [3.05, 3.63) is 71.7 Å². The van der Waals surface area contributed by atoms with E-state index >= 15 is 0 Å². The molecule has 0 fully saturated rings. The predicted molar refractivity (Wildman–Crippen MR) is 116 cm³/mol. The number of amides is 2. The molecule has 10 heteroatoms. The molecule has 4 rings (SSSR count). The summed E-state index contributed by atoms with van der Waals surface area (Å²) < 4.78 is 35.9. The highest BCUT2D eigenvalue weighted by Gasteiger charge is 2.18. The predicted octanol–water partition coefficient (Wildman–Crippen LogP) is 3.17. The monoisotopic (exact) mass is 455 g/mol. The Hall–Kier alpha value is -4.34. The number of primary amides is 1. The maximum Gasteiger partial charge on any atom is 0.257 e. The molecule has 0 saturated carbocycles. The number of nitrogens with one attached hydrogen (secondary N) is 1. The highest BCUT2D eigenvalue weighted by atomic mass is 19.1. The van der Waals surface area contributed by atoms with E-state index in [2.05, 4.69) is 16.0 Å². The number of benzene rings is 2. The molecule has 9 nitrogen and oxygen atoms in total. The van der Waals surface area contributed by atoms with Crippen molar-refractivity contribution < 1.29 is 32.9 Å². The first-order chi connectivity index (χ1) is 16.0. The Balaban J connectivity index is 0.000000968. The largest absolute Gasteiger partial charge is 0.494 e. The number of carbonyl (C=O) groups excluding carboxylic acids is 2. The Morgan fingerprint density at radius 1 is 1.18 bits per heavy atom. The molecule has 0 atom stereocenters. The van der Waals surface area contributed by atoms with E-state index in [0.717, 1.165) is 0 Å². The fraction of sp³-hybridized carbons (Fsp3) is 0.174. The first-order valence-electron chi connectivity index (χ1n) is 9.93. The Bertz CT molecular complexity index is 1130. The topological polar surface area (TPSA) is 122 Å². The van der Waals surface area contributed by atoms with Gasteiger partial charge in [-0.3, -0.25) is 9.59 Å². The summed E-state index contributed by atoms with van der Waals surface area (Å²) in [6.45, 7) is 2.43. The normalized spacial score (nSPS) is 11.1. The summed E-state index contributed by atoms with van der Waals surface area (Å²) in [7, 11) is 0. The molecule has 0 bridgehead atoms. The first kappa shape index (κ1) is 23.3. The molecule has 2 amide bonds. The molecule has 1 aromatic heterocycles. The number of nitrogens with zero attached hydrogens (tertiary/aromatic N) is 1. The zero-order chi connectivity index (χ0) is 23.6. The van der Waals surface area contributed by atoms with Gasteiger partial charge in [0.25, 0.3) is 5.91 Å². The lowest BCUT2D eigenvalue weighted by molar-refractivity contribution is -0.106. The second-order valence-electron chi connectivity index (χ2n) is 6.48. The molecule has 0 aliphatic carbocycles. The first-order valence-corrected chi connectivity index (χ1v) is 9.93. The quantitative estimate of drug-likeness (QED) is 0.525. The summed E-state index contributed by atoms with van der Waals surface area (Å²) in [6, 6.07) is 12.8. The molecule has 0 saturated heterocycles. The van der Waals surface area contributed by atoms with Crippen LogP contribution in [0.5, 0.6) is 28.9 Å². The molecule has 0 unspecified atom stereocenters. The number of carbonyl (C=O) groups is 2. The summed E-state index contributed by atoms with van der Waals surface area (Å²) in [5, 5.41) is 2.69. The Kier molecular flexibility index (Phi) is 8.01. The van der Waals surface area contributed by atoms with E-state index in [0.29, 0.717) is 35.2 Å². The number of hydrogen-bond acceptors (Lipinski definition) is 7. The van der Waals surface area contributed by atoms with E-state index in [-0.39, 0.29) is 31.2 Å². The second kappa shape index (κ2) is 11.3. The molecule has 0 radical (unpaired) electrons. The molecular weight excluding hydrogens is 433 g/mol. The van der Waals surface area contributed by atoms with E-state index in [1.807, 2.05) is 6.92 Å². The molecule has 2 aromatic carbocycles. The summed E-state index contributed by atoms with van der Waals surface area (Å²) in [5.74, 6) is 1.30. The molecule has 2 heterocycles. The second-order valence-corrected chi connectivity index (χ2v) is 6.48. The Morgan fingerprint density at radius 2 is 1.94 bits per heavy atom. The molecular formula is C23H22FN3O6. The lowest BCUT2D eigenvalue weighted by atomic mass is 10.2. The van der Waals surface area contributed by atoms with Crippen LogP contribution in [0.1, 0.15) is 22.8 Å². The van der Waals surface area contributed by atoms with Gasteiger partial charge in [0, 0.05) is 30.4 Å². The van der Waals surface area contributed by atoms with Gasteiger partial charge in [-0.05, 0) is 37.3 Å². The number of nitrogens with two attached hydrogens (primary N) is 1. The van der Waals surface area contributed by atoms with Crippen LogP contribution in [0.3, 0.4) is 0 Å². The van der Waals surface area contributed by atoms with Gasteiger partial charge in [0.15, 0.2) is 11.5 Å². The highest BCUT2D eigenvalue weighted by molar-refractivity contribution is 5.96. The number of ether oxygens (including phenoxy) is 4. The van der Waals surface area contributed by atoms with Gasteiger partial charge in [0.2, 0.25) is 19.1 Å². The van der Waals surface area contributed by atoms with Crippen LogP contribution in [0.2, 0.25) is 0 Å². The number of fused-ring (bicyclic) bond motifs is 1. The molecule has 3 N–H and O–H groups in total. The van der Waals surface area contributed by atoms with Crippen molar-refractivity contribution in [2.45, 2.75) is 13.5 Å². The van der Waals surface area contributed by atoms with Crippen LogP contribution in [0.15, 0.2) is 54.7 Å². The zero-order valence-corrected chi connectivity index (χ0v) is 17.7. The fourth-order valence-electron chi connectivity index (χ4n) is 2.90.